The van der Waals surface area contributed by atoms with Gasteiger partial charge in [-0.15, -0.1) is 0 Å². The predicted octanol–water partition coefficient (Wildman–Crippen LogP) is 2.48. The van der Waals surface area contributed by atoms with E-state index in [1.165, 1.54) is 0 Å². The lowest BCUT2D eigenvalue weighted by molar-refractivity contribution is -0.594. The maximum absolute atomic E-state index is 14.5. The van der Waals surface area contributed by atoms with Crippen molar-refractivity contribution < 1.29 is 28.7 Å². The summed E-state index contributed by atoms with van der Waals surface area (Å²) in [6, 6.07) is -2.68. The van der Waals surface area contributed by atoms with E-state index in [2.05, 4.69) is 6.92 Å². The Kier molecular flexibility index (Phi) is 2.85. The SMILES string of the molecule is CC1[C@@H]2CC[C@@H](C)[C@@H]3CC[C@]4(C)OOC23[C@H](OC1(O)F)O4. The molecule has 6 heteroatoms. The Morgan fingerprint density at radius 1 is 1.05 bits per heavy atom. The van der Waals surface area contributed by atoms with Crippen LogP contribution in [-0.2, 0) is 19.2 Å². The third-order valence-electron chi connectivity index (χ3n) is 6.21. The molecule has 8 atom stereocenters. The summed E-state index contributed by atoms with van der Waals surface area (Å²) in [5.41, 5.74) is -0.814. The fraction of sp³-hybridized carbons (Fsp3) is 1.00. The molecule has 5 nitrogen and oxygen atoms in total. The van der Waals surface area contributed by atoms with Crippen LogP contribution in [0.15, 0.2) is 0 Å². The highest BCUT2D eigenvalue weighted by Crippen LogP contribution is 2.61. The second kappa shape index (κ2) is 4.17. The van der Waals surface area contributed by atoms with Gasteiger partial charge >= 0.3 is 6.04 Å². The molecule has 4 aliphatic heterocycles. The third-order valence-corrected chi connectivity index (χ3v) is 6.21. The highest BCUT2D eigenvalue weighted by atomic mass is 19.2. The van der Waals surface area contributed by atoms with Crippen molar-refractivity contribution >= 4 is 0 Å². The Morgan fingerprint density at radius 3 is 2.57 bits per heavy atom. The molecule has 0 aromatic rings. The predicted molar refractivity (Wildman–Crippen MR) is 69.1 cm³/mol. The summed E-state index contributed by atoms with van der Waals surface area (Å²) in [6.07, 6.45) is 2.40. The normalized spacial score (nSPS) is 63.0. The number of ether oxygens (including phenoxy) is 2. The van der Waals surface area contributed by atoms with Crippen molar-refractivity contribution in [2.75, 3.05) is 0 Å². The third kappa shape index (κ3) is 1.74. The van der Waals surface area contributed by atoms with E-state index in [4.69, 9.17) is 19.2 Å². The Balaban J connectivity index is 1.83. The minimum absolute atomic E-state index is 0.184. The van der Waals surface area contributed by atoms with Crippen LogP contribution in [0.4, 0.5) is 4.39 Å². The van der Waals surface area contributed by atoms with E-state index < -0.39 is 29.6 Å². The summed E-state index contributed by atoms with van der Waals surface area (Å²) < 4.78 is 25.7. The number of fused-ring (bicyclic) bond motifs is 2. The lowest BCUT2D eigenvalue weighted by atomic mass is 9.58. The topological polar surface area (TPSA) is 57.2 Å². The van der Waals surface area contributed by atoms with Gasteiger partial charge in [0.15, 0.2) is 11.9 Å². The summed E-state index contributed by atoms with van der Waals surface area (Å²) in [5.74, 6) is -1.19. The Bertz CT molecular complexity index is 457. The first-order valence-corrected chi connectivity index (χ1v) is 7.92. The number of rotatable bonds is 0. The van der Waals surface area contributed by atoms with E-state index in [9.17, 15) is 9.50 Å². The molecular weight excluding hydrogens is 279 g/mol. The standard InChI is InChI=1S/C15H23FO5/c1-8-4-5-11-9(2)15(16,17)19-12-14(11)10(8)6-7-13(3,18-12)20-21-14/h8-12,17H,4-7H2,1-3H3/t8-,9?,10+,11+,12+,13+,14?,15?/m1/s1. The molecule has 21 heavy (non-hydrogen) atoms. The number of aliphatic hydroxyl groups is 1. The summed E-state index contributed by atoms with van der Waals surface area (Å²) in [5, 5.41) is 9.99. The molecule has 120 valence electrons. The first kappa shape index (κ1) is 14.3. The van der Waals surface area contributed by atoms with Gasteiger partial charge in [-0.2, -0.15) is 4.39 Å². The van der Waals surface area contributed by atoms with Crippen LogP contribution in [0.3, 0.4) is 0 Å². The largest absolute Gasteiger partial charge is 0.340 e. The number of hydrogen-bond donors (Lipinski definition) is 1. The van der Waals surface area contributed by atoms with Gasteiger partial charge in [0, 0.05) is 18.3 Å². The van der Waals surface area contributed by atoms with E-state index in [0.29, 0.717) is 12.3 Å². The molecule has 5 rings (SSSR count). The first-order chi connectivity index (χ1) is 9.79. The lowest BCUT2D eigenvalue weighted by Gasteiger charge is -2.60. The van der Waals surface area contributed by atoms with Crippen LogP contribution in [0.25, 0.3) is 0 Å². The van der Waals surface area contributed by atoms with Crippen molar-refractivity contribution in [2.24, 2.45) is 23.7 Å². The van der Waals surface area contributed by atoms with Crippen molar-refractivity contribution in [1.29, 1.82) is 0 Å². The average molecular weight is 302 g/mol. The van der Waals surface area contributed by atoms with E-state index in [1.54, 1.807) is 13.8 Å². The van der Waals surface area contributed by atoms with E-state index in [1.807, 2.05) is 0 Å². The van der Waals surface area contributed by atoms with Crippen molar-refractivity contribution in [3.8, 4) is 0 Å². The molecule has 3 unspecified atom stereocenters. The lowest BCUT2D eigenvalue weighted by Crippen LogP contribution is -2.72. The van der Waals surface area contributed by atoms with Crippen LogP contribution in [0.5, 0.6) is 0 Å². The molecule has 1 spiro atoms. The van der Waals surface area contributed by atoms with Crippen LogP contribution in [0.2, 0.25) is 0 Å². The minimum atomic E-state index is -2.68. The van der Waals surface area contributed by atoms with Crippen LogP contribution in [-0.4, -0.2) is 28.8 Å². The van der Waals surface area contributed by atoms with Gasteiger partial charge in [0.05, 0.1) is 0 Å². The van der Waals surface area contributed by atoms with Gasteiger partial charge in [-0.05, 0) is 38.0 Å². The highest BCUT2D eigenvalue weighted by Gasteiger charge is 2.72. The van der Waals surface area contributed by atoms with Gasteiger partial charge < -0.3 is 9.84 Å². The van der Waals surface area contributed by atoms with Crippen LogP contribution in [0, 0.1) is 23.7 Å². The van der Waals surface area contributed by atoms with E-state index in [-0.39, 0.29) is 11.8 Å². The van der Waals surface area contributed by atoms with Gasteiger partial charge in [-0.3, -0.25) is 4.74 Å². The summed E-state index contributed by atoms with van der Waals surface area (Å²) in [4.78, 5) is 11.4. The first-order valence-electron chi connectivity index (χ1n) is 7.92. The van der Waals surface area contributed by atoms with E-state index >= 15 is 0 Å². The summed E-state index contributed by atoms with van der Waals surface area (Å²) in [6.45, 7) is 5.64. The van der Waals surface area contributed by atoms with Crippen LogP contribution < -0.4 is 0 Å². The molecule has 5 aliphatic rings. The van der Waals surface area contributed by atoms with Crippen molar-refractivity contribution in [1.82, 2.24) is 0 Å². The van der Waals surface area contributed by atoms with Gasteiger partial charge in [0.2, 0.25) is 5.79 Å². The maximum Gasteiger partial charge on any atom is 0.323 e. The van der Waals surface area contributed by atoms with Crippen molar-refractivity contribution in [3.05, 3.63) is 0 Å². The van der Waals surface area contributed by atoms with E-state index in [0.717, 1.165) is 19.3 Å². The number of halogens is 1. The van der Waals surface area contributed by atoms with Gasteiger partial charge in [0.25, 0.3) is 0 Å². The fourth-order valence-electron chi connectivity index (χ4n) is 4.89. The molecule has 1 N–H and O–H groups in total. The molecule has 0 aromatic heterocycles. The fourth-order valence-corrected chi connectivity index (χ4v) is 4.89. The number of alkyl halides is 1. The molecule has 0 amide bonds. The Morgan fingerprint density at radius 2 is 1.81 bits per heavy atom. The molecule has 1 saturated carbocycles. The molecule has 5 fully saturated rings. The second-order valence-electron chi connectivity index (χ2n) is 7.43. The monoisotopic (exact) mass is 302 g/mol. The average Bonchev–Trinajstić information content (AvgIpc) is 2.62. The zero-order valence-corrected chi connectivity index (χ0v) is 12.7. The zero-order chi connectivity index (χ0) is 15.0. The Labute approximate surface area is 123 Å². The molecule has 1 aliphatic carbocycles. The van der Waals surface area contributed by atoms with Crippen LogP contribution >= 0.6 is 0 Å². The number of hydrogen-bond acceptors (Lipinski definition) is 5. The van der Waals surface area contributed by atoms with Crippen molar-refractivity contribution in [3.63, 3.8) is 0 Å². The van der Waals surface area contributed by atoms with Crippen molar-refractivity contribution in [2.45, 2.75) is 70.2 Å². The summed E-state index contributed by atoms with van der Waals surface area (Å²) in [7, 11) is 0. The molecule has 0 radical (unpaired) electrons. The maximum atomic E-state index is 14.5. The Hall–Kier alpha value is -0.270. The van der Waals surface area contributed by atoms with Gasteiger partial charge in [-0.1, -0.05) is 13.8 Å². The molecular formula is C15H23FO5. The summed E-state index contributed by atoms with van der Waals surface area (Å²) >= 11 is 0. The van der Waals surface area contributed by atoms with Gasteiger partial charge in [0.1, 0.15) is 0 Å². The smallest absolute Gasteiger partial charge is 0.323 e. The molecule has 4 saturated heterocycles. The zero-order valence-electron chi connectivity index (χ0n) is 12.7. The minimum Gasteiger partial charge on any atom is -0.340 e. The second-order valence-corrected chi connectivity index (χ2v) is 7.43. The highest BCUT2D eigenvalue weighted by molar-refractivity contribution is 5.09. The van der Waals surface area contributed by atoms with Gasteiger partial charge in [-0.25, -0.2) is 9.78 Å². The molecule has 0 aromatic carbocycles. The molecule has 4 heterocycles. The quantitative estimate of drug-likeness (QED) is 0.697. The molecule has 2 bridgehead atoms. The van der Waals surface area contributed by atoms with Crippen LogP contribution in [0.1, 0.15) is 46.5 Å².